The van der Waals surface area contributed by atoms with Gasteiger partial charge in [0.05, 0.1) is 5.92 Å². The summed E-state index contributed by atoms with van der Waals surface area (Å²) in [6.45, 7) is 0. The van der Waals surface area contributed by atoms with E-state index in [2.05, 4.69) is 0 Å². The highest BCUT2D eigenvalue weighted by Gasteiger charge is 2.42. The molecule has 2 rings (SSSR count). The van der Waals surface area contributed by atoms with Crippen molar-refractivity contribution in [1.29, 1.82) is 0 Å². The predicted molar refractivity (Wildman–Crippen MR) is 61.4 cm³/mol. The van der Waals surface area contributed by atoms with Crippen molar-refractivity contribution in [3.63, 3.8) is 0 Å². The molecule has 0 amide bonds. The molecule has 2 aliphatic rings. The Bertz CT molecular complexity index is 238. The van der Waals surface area contributed by atoms with Crippen LogP contribution in [0, 0.1) is 17.8 Å². The topological polar surface area (TPSA) is 26.0 Å². The van der Waals surface area contributed by atoms with E-state index in [-0.39, 0.29) is 18.9 Å². The molecule has 0 heterocycles. The van der Waals surface area contributed by atoms with Crippen LogP contribution in [0.4, 0.5) is 13.2 Å². The van der Waals surface area contributed by atoms with E-state index in [4.69, 9.17) is 5.73 Å². The van der Waals surface area contributed by atoms with Gasteiger partial charge in [-0.2, -0.15) is 13.2 Å². The van der Waals surface area contributed by atoms with E-state index in [1.54, 1.807) is 0 Å². The Balaban J connectivity index is 1.82. The molecule has 0 spiro atoms. The van der Waals surface area contributed by atoms with Crippen molar-refractivity contribution in [3.05, 3.63) is 0 Å². The summed E-state index contributed by atoms with van der Waals surface area (Å²) in [4.78, 5) is 0. The van der Waals surface area contributed by atoms with Gasteiger partial charge in [-0.15, -0.1) is 0 Å². The summed E-state index contributed by atoms with van der Waals surface area (Å²) in [5, 5.41) is 0. The third-order valence-corrected chi connectivity index (χ3v) is 4.72. The average Bonchev–Trinajstić information content (AvgIpc) is 2.80. The van der Waals surface area contributed by atoms with E-state index in [1.807, 2.05) is 0 Å². The van der Waals surface area contributed by atoms with Gasteiger partial charge in [-0.25, -0.2) is 0 Å². The molecular weight excluding hydrogens is 227 g/mol. The fraction of sp³-hybridized carbons (Fsp3) is 1.00. The SMILES string of the molecule is NC(C1CCCC1)C1CCC(C(F)(F)F)CC1. The molecular formula is C13H22F3N. The second-order valence-corrected chi connectivity index (χ2v) is 5.78. The molecule has 2 saturated carbocycles. The highest BCUT2D eigenvalue weighted by molar-refractivity contribution is 4.87. The summed E-state index contributed by atoms with van der Waals surface area (Å²) in [6.07, 6.45) is 2.77. The molecule has 100 valence electrons. The van der Waals surface area contributed by atoms with Gasteiger partial charge in [0.2, 0.25) is 0 Å². The summed E-state index contributed by atoms with van der Waals surface area (Å²) >= 11 is 0. The normalized spacial score (nSPS) is 33.9. The quantitative estimate of drug-likeness (QED) is 0.789. The van der Waals surface area contributed by atoms with Crippen LogP contribution >= 0.6 is 0 Å². The smallest absolute Gasteiger partial charge is 0.327 e. The van der Waals surface area contributed by atoms with E-state index in [0.29, 0.717) is 24.7 Å². The fourth-order valence-electron chi connectivity index (χ4n) is 3.56. The average molecular weight is 249 g/mol. The van der Waals surface area contributed by atoms with Crippen LogP contribution in [0.15, 0.2) is 0 Å². The van der Waals surface area contributed by atoms with E-state index < -0.39 is 12.1 Å². The fourth-order valence-corrected chi connectivity index (χ4v) is 3.56. The van der Waals surface area contributed by atoms with Crippen LogP contribution in [0.1, 0.15) is 51.4 Å². The number of alkyl halides is 3. The molecule has 0 aromatic carbocycles. The minimum absolute atomic E-state index is 0.145. The highest BCUT2D eigenvalue weighted by atomic mass is 19.4. The van der Waals surface area contributed by atoms with Crippen molar-refractivity contribution >= 4 is 0 Å². The zero-order chi connectivity index (χ0) is 12.5. The predicted octanol–water partition coefficient (Wildman–Crippen LogP) is 3.87. The van der Waals surface area contributed by atoms with Gasteiger partial charge in [-0.3, -0.25) is 0 Å². The lowest BCUT2D eigenvalue weighted by molar-refractivity contribution is -0.184. The maximum atomic E-state index is 12.5. The molecule has 4 heteroatoms. The van der Waals surface area contributed by atoms with E-state index in [1.165, 1.54) is 25.7 Å². The Morgan fingerprint density at radius 1 is 0.824 bits per heavy atom. The van der Waals surface area contributed by atoms with E-state index in [0.717, 1.165) is 0 Å². The molecule has 1 atom stereocenters. The third-order valence-electron chi connectivity index (χ3n) is 4.72. The van der Waals surface area contributed by atoms with Gasteiger partial charge in [0.1, 0.15) is 0 Å². The molecule has 0 saturated heterocycles. The van der Waals surface area contributed by atoms with Crippen molar-refractivity contribution < 1.29 is 13.2 Å². The number of rotatable bonds is 2. The van der Waals surface area contributed by atoms with Gasteiger partial charge >= 0.3 is 6.18 Å². The summed E-state index contributed by atoms with van der Waals surface area (Å²) in [6, 6.07) is 0.145. The second kappa shape index (κ2) is 5.17. The molecule has 0 aliphatic heterocycles. The summed E-state index contributed by atoms with van der Waals surface area (Å²) in [7, 11) is 0. The minimum Gasteiger partial charge on any atom is -0.327 e. The van der Waals surface area contributed by atoms with Gasteiger partial charge < -0.3 is 5.73 Å². The second-order valence-electron chi connectivity index (χ2n) is 5.78. The molecule has 0 radical (unpaired) electrons. The lowest BCUT2D eigenvalue weighted by atomic mass is 9.75. The molecule has 1 nitrogen and oxygen atoms in total. The molecule has 0 aromatic heterocycles. The van der Waals surface area contributed by atoms with Crippen molar-refractivity contribution in [1.82, 2.24) is 0 Å². The zero-order valence-corrected chi connectivity index (χ0v) is 10.2. The van der Waals surface area contributed by atoms with Gasteiger partial charge in [-0.05, 0) is 50.4 Å². The number of halogens is 3. The summed E-state index contributed by atoms with van der Waals surface area (Å²) in [5.74, 6) is -0.173. The first-order valence-corrected chi connectivity index (χ1v) is 6.81. The van der Waals surface area contributed by atoms with Crippen LogP contribution in [0.2, 0.25) is 0 Å². The molecule has 17 heavy (non-hydrogen) atoms. The lowest BCUT2D eigenvalue weighted by Gasteiger charge is -2.35. The molecule has 1 unspecified atom stereocenters. The van der Waals surface area contributed by atoms with Gasteiger partial charge in [0.15, 0.2) is 0 Å². The first-order valence-electron chi connectivity index (χ1n) is 6.81. The minimum atomic E-state index is -4.00. The van der Waals surface area contributed by atoms with Gasteiger partial charge in [0.25, 0.3) is 0 Å². The van der Waals surface area contributed by atoms with Crippen LogP contribution in [-0.2, 0) is 0 Å². The maximum Gasteiger partial charge on any atom is 0.391 e. The first-order chi connectivity index (χ1) is 7.98. The number of nitrogens with two attached hydrogens (primary N) is 1. The van der Waals surface area contributed by atoms with Crippen LogP contribution < -0.4 is 5.73 Å². The van der Waals surface area contributed by atoms with Gasteiger partial charge in [-0.1, -0.05) is 12.8 Å². The van der Waals surface area contributed by atoms with Crippen molar-refractivity contribution in [2.75, 3.05) is 0 Å². The van der Waals surface area contributed by atoms with Gasteiger partial charge in [0, 0.05) is 6.04 Å². The highest BCUT2D eigenvalue weighted by Crippen LogP contribution is 2.42. The summed E-state index contributed by atoms with van der Waals surface area (Å²) in [5.41, 5.74) is 6.23. The molecule has 2 aliphatic carbocycles. The Labute approximate surface area is 101 Å². The molecule has 0 aromatic rings. The van der Waals surface area contributed by atoms with Crippen LogP contribution in [0.3, 0.4) is 0 Å². The van der Waals surface area contributed by atoms with E-state index >= 15 is 0 Å². The van der Waals surface area contributed by atoms with Crippen LogP contribution in [0.5, 0.6) is 0 Å². The Hall–Kier alpha value is -0.250. The summed E-state index contributed by atoms with van der Waals surface area (Å²) < 4.78 is 37.6. The van der Waals surface area contributed by atoms with Crippen LogP contribution in [-0.4, -0.2) is 12.2 Å². The Morgan fingerprint density at radius 2 is 1.29 bits per heavy atom. The Kier molecular flexibility index (Phi) is 4.01. The maximum absolute atomic E-state index is 12.5. The molecule has 2 N–H and O–H groups in total. The third kappa shape index (κ3) is 3.15. The standard InChI is InChI=1S/C13H22F3N/c14-13(15,16)11-7-5-10(6-8-11)12(17)9-3-1-2-4-9/h9-12H,1-8,17H2. The van der Waals surface area contributed by atoms with Crippen LogP contribution in [0.25, 0.3) is 0 Å². The first kappa shape index (κ1) is 13.2. The largest absolute Gasteiger partial charge is 0.391 e. The Morgan fingerprint density at radius 3 is 1.76 bits per heavy atom. The molecule has 2 fully saturated rings. The van der Waals surface area contributed by atoms with Crippen molar-refractivity contribution in [2.24, 2.45) is 23.5 Å². The van der Waals surface area contributed by atoms with Crippen molar-refractivity contribution in [2.45, 2.75) is 63.6 Å². The number of hydrogen-bond donors (Lipinski definition) is 1. The lowest BCUT2D eigenvalue weighted by Crippen LogP contribution is -2.40. The van der Waals surface area contributed by atoms with E-state index in [9.17, 15) is 13.2 Å². The monoisotopic (exact) mass is 249 g/mol. The number of hydrogen-bond acceptors (Lipinski definition) is 1. The van der Waals surface area contributed by atoms with Crippen molar-refractivity contribution in [3.8, 4) is 0 Å². The zero-order valence-electron chi connectivity index (χ0n) is 10.2. The molecule has 0 bridgehead atoms.